The van der Waals surface area contributed by atoms with Gasteiger partial charge in [-0.2, -0.15) is 0 Å². The van der Waals surface area contributed by atoms with Gasteiger partial charge in [0.2, 0.25) is 5.91 Å². The lowest BCUT2D eigenvalue weighted by Crippen LogP contribution is -2.40. The molecule has 0 saturated heterocycles. The number of carbonyl (C=O) groups excluding carboxylic acids is 2. The molecule has 0 aliphatic heterocycles. The Balaban J connectivity index is 2.80. The summed E-state index contributed by atoms with van der Waals surface area (Å²) in [4.78, 5) is 25.3. The average Bonchev–Trinajstić information content (AvgIpc) is 2.44. The number of benzene rings is 1. The highest BCUT2D eigenvalue weighted by Crippen LogP contribution is 2.27. The molecule has 0 aliphatic rings. The first-order chi connectivity index (χ1) is 9.88. The maximum Gasteiger partial charge on any atom is 0.254 e. The third-order valence-electron chi connectivity index (χ3n) is 2.81. The van der Waals surface area contributed by atoms with Gasteiger partial charge in [0.25, 0.3) is 5.91 Å². The fourth-order valence-electron chi connectivity index (χ4n) is 1.84. The van der Waals surface area contributed by atoms with E-state index in [1.54, 1.807) is 25.2 Å². The first-order valence-corrected chi connectivity index (χ1v) is 6.66. The van der Waals surface area contributed by atoms with Crippen LogP contribution < -0.4 is 14.8 Å². The van der Waals surface area contributed by atoms with Crippen molar-refractivity contribution in [3.8, 4) is 11.5 Å². The number of methoxy groups -OCH3 is 2. The van der Waals surface area contributed by atoms with Gasteiger partial charge in [0.05, 0.1) is 20.8 Å². The van der Waals surface area contributed by atoms with E-state index in [4.69, 9.17) is 9.47 Å². The van der Waals surface area contributed by atoms with Crippen molar-refractivity contribution >= 4 is 11.8 Å². The van der Waals surface area contributed by atoms with E-state index in [2.05, 4.69) is 5.32 Å². The van der Waals surface area contributed by atoms with Crippen LogP contribution in [0.3, 0.4) is 0 Å². The zero-order valence-corrected chi connectivity index (χ0v) is 13.1. The Bertz CT molecular complexity index is 514. The van der Waals surface area contributed by atoms with Gasteiger partial charge in [-0.05, 0) is 32.0 Å². The van der Waals surface area contributed by atoms with Crippen molar-refractivity contribution in [3.05, 3.63) is 23.8 Å². The number of likely N-dealkylation sites (N-methyl/N-ethyl adjacent to an activating group) is 1. The molecule has 0 aromatic heterocycles. The largest absolute Gasteiger partial charge is 0.493 e. The molecule has 0 bridgehead atoms. The summed E-state index contributed by atoms with van der Waals surface area (Å²) >= 11 is 0. The smallest absolute Gasteiger partial charge is 0.254 e. The third kappa shape index (κ3) is 4.66. The first kappa shape index (κ1) is 16.8. The first-order valence-electron chi connectivity index (χ1n) is 6.66. The Hall–Kier alpha value is -2.24. The van der Waals surface area contributed by atoms with Crippen LogP contribution in [0.2, 0.25) is 0 Å². The summed E-state index contributed by atoms with van der Waals surface area (Å²) in [5, 5.41) is 2.74. The van der Waals surface area contributed by atoms with Gasteiger partial charge in [-0.25, -0.2) is 0 Å². The molecule has 0 saturated carbocycles. The molecule has 0 aliphatic carbocycles. The molecule has 2 amide bonds. The van der Waals surface area contributed by atoms with Gasteiger partial charge >= 0.3 is 0 Å². The summed E-state index contributed by atoms with van der Waals surface area (Å²) in [7, 11) is 4.62. The van der Waals surface area contributed by atoms with Crippen LogP contribution in [0.5, 0.6) is 11.5 Å². The molecule has 1 N–H and O–H groups in total. The summed E-state index contributed by atoms with van der Waals surface area (Å²) in [6, 6.07) is 4.94. The van der Waals surface area contributed by atoms with Crippen LogP contribution in [0.1, 0.15) is 24.2 Å². The second-order valence-corrected chi connectivity index (χ2v) is 4.95. The van der Waals surface area contributed by atoms with E-state index in [1.807, 2.05) is 13.8 Å². The zero-order chi connectivity index (χ0) is 16.0. The van der Waals surface area contributed by atoms with Crippen LogP contribution in [-0.2, 0) is 4.79 Å². The van der Waals surface area contributed by atoms with Gasteiger partial charge in [-0.15, -0.1) is 0 Å². The molecule has 0 spiro atoms. The normalized spacial score (nSPS) is 10.2. The summed E-state index contributed by atoms with van der Waals surface area (Å²) in [5.41, 5.74) is 0.437. The van der Waals surface area contributed by atoms with E-state index < -0.39 is 0 Å². The van der Waals surface area contributed by atoms with Gasteiger partial charge in [0.1, 0.15) is 0 Å². The lowest BCUT2D eigenvalue weighted by Gasteiger charge is -2.18. The number of nitrogens with zero attached hydrogens (tertiary/aromatic N) is 1. The molecule has 6 heteroatoms. The minimum absolute atomic E-state index is 0.00532. The molecule has 0 unspecified atom stereocenters. The number of carbonyl (C=O) groups is 2. The van der Waals surface area contributed by atoms with Crippen molar-refractivity contribution in [2.45, 2.75) is 19.9 Å². The highest BCUT2D eigenvalue weighted by atomic mass is 16.5. The molecule has 1 aromatic rings. The number of amides is 2. The number of hydrogen-bond acceptors (Lipinski definition) is 4. The second-order valence-electron chi connectivity index (χ2n) is 4.95. The van der Waals surface area contributed by atoms with E-state index in [0.717, 1.165) is 0 Å². The Morgan fingerprint density at radius 3 is 2.33 bits per heavy atom. The highest BCUT2D eigenvalue weighted by Gasteiger charge is 2.17. The molecule has 1 aromatic carbocycles. The molecule has 1 rings (SSSR count). The maximum atomic E-state index is 12.3. The summed E-state index contributed by atoms with van der Waals surface area (Å²) in [6.07, 6.45) is 0. The van der Waals surface area contributed by atoms with Crippen LogP contribution >= 0.6 is 0 Å². The second kappa shape index (κ2) is 7.52. The average molecular weight is 294 g/mol. The number of rotatable bonds is 6. The Kier molecular flexibility index (Phi) is 6.02. The third-order valence-corrected chi connectivity index (χ3v) is 2.81. The van der Waals surface area contributed by atoms with Crippen LogP contribution in [-0.4, -0.2) is 50.6 Å². The summed E-state index contributed by atoms with van der Waals surface area (Å²) in [6.45, 7) is 3.74. The van der Waals surface area contributed by atoms with Crippen LogP contribution in [0.15, 0.2) is 18.2 Å². The molecule has 6 nitrogen and oxygen atoms in total. The van der Waals surface area contributed by atoms with Crippen molar-refractivity contribution in [2.75, 3.05) is 27.8 Å². The Labute approximate surface area is 125 Å². The van der Waals surface area contributed by atoms with Gasteiger partial charge in [-0.3, -0.25) is 9.59 Å². The predicted molar refractivity (Wildman–Crippen MR) is 79.8 cm³/mol. The Morgan fingerprint density at radius 1 is 1.19 bits per heavy atom. The predicted octanol–water partition coefficient (Wildman–Crippen LogP) is 1.30. The highest BCUT2D eigenvalue weighted by molar-refractivity contribution is 5.96. The minimum Gasteiger partial charge on any atom is -0.493 e. The number of ether oxygens (including phenoxy) is 2. The van der Waals surface area contributed by atoms with E-state index in [9.17, 15) is 9.59 Å². The molecular formula is C15H22N2O4. The van der Waals surface area contributed by atoms with E-state index in [0.29, 0.717) is 17.1 Å². The SMILES string of the molecule is COc1ccc(C(=O)N(C)CC(=O)NC(C)C)cc1OC. The lowest BCUT2D eigenvalue weighted by molar-refractivity contribution is -0.122. The fraction of sp³-hybridized carbons (Fsp3) is 0.467. The van der Waals surface area contributed by atoms with Gasteiger partial charge in [0, 0.05) is 18.7 Å². The molecule has 0 atom stereocenters. The molecular weight excluding hydrogens is 272 g/mol. The van der Waals surface area contributed by atoms with Gasteiger partial charge < -0.3 is 19.7 Å². The summed E-state index contributed by atoms with van der Waals surface area (Å²) < 4.78 is 10.3. The van der Waals surface area contributed by atoms with Crippen LogP contribution in [0.4, 0.5) is 0 Å². The van der Waals surface area contributed by atoms with Crippen molar-refractivity contribution in [1.82, 2.24) is 10.2 Å². The monoisotopic (exact) mass is 294 g/mol. The van der Waals surface area contributed by atoms with Crippen LogP contribution in [0, 0.1) is 0 Å². The standard InChI is InChI=1S/C15H22N2O4/c1-10(2)16-14(18)9-17(3)15(19)11-6-7-12(20-4)13(8-11)21-5/h6-8,10H,9H2,1-5H3,(H,16,18). The maximum absolute atomic E-state index is 12.3. The van der Waals surface area contributed by atoms with E-state index >= 15 is 0 Å². The topological polar surface area (TPSA) is 67.9 Å². The van der Waals surface area contributed by atoms with E-state index in [1.165, 1.54) is 19.1 Å². The fourth-order valence-corrected chi connectivity index (χ4v) is 1.84. The molecule has 116 valence electrons. The van der Waals surface area contributed by atoms with Gasteiger partial charge in [0.15, 0.2) is 11.5 Å². The van der Waals surface area contributed by atoms with Crippen LogP contribution in [0.25, 0.3) is 0 Å². The Morgan fingerprint density at radius 2 is 1.81 bits per heavy atom. The van der Waals surface area contributed by atoms with Crippen molar-refractivity contribution in [2.24, 2.45) is 0 Å². The molecule has 0 fully saturated rings. The summed E-state index contributed by atoms with van der Waals surface area (Å²) in [5.74, 6) is 0.578. The number of nitrogens with one attached hydrogen (secondary N) is 1. The zero-order valence-electron chi connectivity index (χ0n) is 13.1. The quantitative estimate of drug-likeness (QED) is 0.858. The molecule has 0 heterocycles. The van der Waals surface area contributed by atoms with E-state index in [-0.39, 0.29) is 24.4 Å². The van der Waals surface area contributed by atoms with Crippen molar-refractivity contribution in [1.29, 1.82) is 0 Å². The van der Waals surface area contributed by atoms with Crippen molar-refractivity contribution in [3.63, 3.8) is 0 Å². The lowest BCUT2D eigenvalue weighted by atomic mass is 10.1. The molecule has 21 heavy (non-hydrogen) atoms. The van der Waals surface area contributed by atoms with Crippen molar-refractivity contribution < 1.29 is 19.1 Å². The van der Waals surface area contributed by atoms with Gasteiger partial charge in [-0.1, -0.05) is 0 Å². The minimum atomic E-state index is -0.255. The molecule has 0 radical (unpaired) electrons. The number of hydrogen-bond donors (Lipinski definition) is 1.